The molecule has 3 rings (SSSR count). The SMILES string of the molecule is COP(=O)(OC)C(NCc1ccccc1)c1ccc(-c2ccccc2)cc1. The highest BCUT2D eigenvalue weighted by Gasteiger charge is 2.35. The summed E-state index contributed by atoms with van der Waals surface area (Å²) in [5.74, 6) is -0.558. The molecule has 4 nitrogen and oxygen atoms in total. The average Bonchev–Trinajstić information content (AvgIpc) is 2.75. The molecule has 5 heteroatoms. The van der Waals surface area contributed by atoms with Gasteiger partial charge < -0.3 is 9.05 Å². The highest BCUT2D eigenvalue weighted by atomic mass is 31.2. The first-order valence-corrected chi connectivity index (χ1v) is 10.4. The summed E-state index contributed by atoms with van der Waals surface area (Å²) in [5.41, 5.74) is 4.20. The summed E-state index contributed by atoms with van der Waals surface area (Å²) < 4.78 is 23.7. The third kappa shape index (κ3) is 4.74. The molecular weight excluding hydrogens is 357 g/mol. The lowest BCUT2D eigenvalue weighted by molar-refractivity contribution is 0.259. The average molecular weight is 381 g/mol. The Kier molecular flexibility index (Phi) is 6.59. The third-order valence-corrected chi connectivity index (χ3v) is 6.63. The molecule has 27 heavy (non-hydrogen) atoms. The van der Waals surface area contributed by atoms with Crippen LogP contribution >= 0.6 is 7.60 Å². The van der Waals surface area contributed by atoms with Crippen molar-refractivity contribution in [2.45, 2.75) is 12.3 Å². The van der Waals surface area contributed by atoms with Gasteiger partial charge in [-0.15, -0.1) is 0 Å². The molecule has 1 atom stereocenters. The van der Waals surface area contributed by atoms with Crippen LogP contribution in [0.3, 0.4) is 0 Å². The summed E-state index contributed by atoms with van der Waals surface area (Å²) in [5, 5.41) is 3.34. The number of hydrogen-bond acceptors (Lipinski definition) is 4. The predicted molar refractivity (Wildman–Crippen MR) is 110 cm³/mol. The van der Waals surface area contributed by atoms with Crippen molar-refractivity contribution in [3.05, 3.63) is 96.1 Å². The molecule has 0 amide bonds. The van der Waals surface area contributed by atoms with Gasteiger partial charge in [0.15, 0.2) is 0 Å². The molecule has 0 bridgehead atoms. The quantitative estimate of drug-likeness (QED) is 0.514. The van der Waals surface area contributed by atoms with E-state index in [4.69, 9.17) is 9.05 Å². The zero-order valence-corrected chi connectivity index (χ0v) is 16.4. The Labute approximate surface area is 160 Å². The molecule has 0 saturated heterocycles. The van der Waals surface area contributed by atoms with Crippen LogP contribution in [0.4, 0.5) is 0 Å². The first-order chi connectivity index (χ1) is 13.2. The summed E-state index contributed by atoms with van der Waals surface area (Å²) in [7, 11) is -0.515. The fraction of sp³-hybridized carbons (Fsp3) is 0.182. The lowest BCUT2D eigenvalue weighted by Gasteiger charge is -2.26. The molecule has 1 N–H and O–H groups in total. The third-order valence-electron chi connectivity index (χ3n) is 4.50. The second-order valence-corrected chi connectivity index (χ2v) is 8.49. The molecule has 0 saturated carbocycles. The van der Waals surface area contributed by atoms with Gasteiger partial charge in [-0.25, -0.2) is 0 Å². The van der Waals surface area contributed by atoms with Gasteiger partial charge in [-0.2, -0.15) is 0 Å². The van der Waals surface area contributed by atoms with Gasteiger partial charge in [0, 0.05) is 20.8 Å². The maximum absolute atomic E-state index is 13.1. The highest BCUT2D eigenvalue weighted by molar-refractivity contribution is 7.54. The van der Waals surface area contributed by atoms with E-state index in [2.05, 4.69) is 17.4 Å². The molecule has 0 spiro atoms. The van der Waals surface area contributed by atoms with Gasteiger partial charge in [0.05, 0.1) is 0 Å². The Bertz CT molecular complexity index is 874. The van der Waals surface area contributed by atoms with Crippen LogP contribution in [0.25, 0.3) is 11.1 Å². The zero-order chi connectivity index (χ0) is 19.1. The molecule has 0 radical (unpaired) electrons. The molecule has 0 heterocycles. The molecule has 0 aliphatic heterocycles. The van der Waals surface area contributed by atoms with Gasteiger partial charge in [0.2, 0.25) is 0 Å². The van der Waals surface area contributed by atoms with Crippen LogP contribution < -0.4 is 5.32 Å². The Balaban J connectivity index is 1.87. The van der Waals surface area contributed by atoms with Crippen molar-refractivity contribution in [1.29, 1.82) is 0 Å². The summed E-state index contributed by atoms with van der Waals surface area (Å²) in [6, 6.07) is 28.1. The minimum Gasteiger partial charge on any atom is -0.311 e. The van der Waals surface area contributed by atoms with E-state index in [0.717, 1.165) is 22.3 Å². The van der Waals surface area contributed by atoms with Crippen LogP contribution in [0.5, 0.6) is 0 Å². The van der Waals surface area contributed by atoms with Gasteiger partial charge in [0.25, 0.3) is 0 Å². The van der Waals surface area contributed by atoms with Crippen molar-refractivity contribution in [3.8, 4) is 11.1 Å². The Hall–Kier alpha value is -2.23. The Morgan fingerprint density at radius 3 is 1.85 bits per heavy atom. The van der Waals surface area contributed by atoms with E-state index in [0.29, 0.717) is 6.54 Å². The van der Waals surface area contributed by atoms with E-state index in [1.165, 1.54) is 14.2 Å². The number of benzene rings is 3. The van der Waals surface area contributed by atoms with Crippen LogP contribution in [0.2, 0.25) is 0 Å². The maximum atomic E-state index is 13.1. The molecule has 3 aromatic carbocycles. The van der Waals surface area contributed by atoms with E-state index in [9.17, 15) is 4.57 Å². The van der Waals surface area contributed by atoms with Crippen molar-refractivity contribution in [3.63, 3.8) is 0 Å². The molecule has 0 fully saturated rings. The molecule has 0 aliphatic carbocycles. The molecule has 0 aliphatic rings. The monoisotopic (exact) mass is 381 g/mol. The van der Waals surface area contributed by atoms with Gasteiger partial charge in [0.1, 0.15) is 5.78 Å². The van der Waals surface area contributed by atoms with Crippen LogP contribution in [-0.4, -0.2) is 14.2 Å². The first-order valence-electron chi connectivity index (χ1n) is 8.80. The fourth-order valence-corrected chi connectivity index (χ4v) is 4.42. The van der Waals surface area contributed by atoms with E-state index < -0.39 is 13.4 Å². The molecular formula is C22H24NO3P. The zero-order valence-electron chi connectivity index (χ0n) is 15.5. The lowest BCUT2D eigenvalue weighted by atomic mass is 10.0. The second-order valence-electron chi connectivity index (χ2n) is 6.16. The minimum atomic E-state index is -3.35. The normalized spacial score (nSPS) is 12.7. The van der Waals surface area contributed by atoms with Gasteiger partial charge in [-0.1, -0.05) is 84.9 Å². The lowest BCUT2D eigenvalue weighted by Crippen LogP contribution is -2.22. The Morgan fingerprint density at radius 1 is 0.778 bits per heavy atom. The summed E-state index contributed by atoms with van der Waals surface area (Å²) >= 11 is 0. The minimum absolute atomic E-state index is 0.558. The van der Waals surface area contributed by atoms with Crippen molar-refractivity contribution in [1.82, 2.24) is 5.32 Å². The largest absolute Gasteiger partial charge is 0.351 e. The van der Waals surface area contributed by atoms with Crippen LogP contribution in [0.15, 0.2) is 84.9 Å². The molecule has 0 aromatic heterocycles. The fourth-order valence-electron chi connectivity index (χ4n) is 3.00. The molecule has 3 aromatic rings. The van der Waals surface area contributed by atoms with E-state index >= 15 is 0 Å². The van der Waals surface area contributed by atoms with E-state index in [-0.39, 0.29) is 0 Å². The summed E-state index contributed by atoms with van der Waals surface area (Å²) in [4.78, 5) is 0. The van der Waals surface area contributed by atoms with Crippen molar-refractivity contribution < 1.29 is 13.6 Å². The van der Waals surface area contributed by atoms with E-state index in [1.54, 1.807) is 0 Å². The Morgan fingerprint density at radius 2 is 1.30 bits per heavy atom. The molecule has 140 valence electrons. The predicted octanol–water partition coefficient (Wildman–Crippen LogP) is 5.63. The standard InChI is InChI=1S/C22H24NO3P/c1-25-27(24,26-2)22(23-17-18-9-5-3-6-10-18)21-15-13-20(14-16-21)19-11-7-4-8-12-19/h3-16,22-23H,17H2,1-2H3. The summed E-state index contributed by atoms with van der Waals surface area (Å²) in [6.45, 7) is 0.558. The highest BCUT2D eigenvalue weighted by Crippen LogP contribution is 2.58. The number of nitrogens with one attached hydrogen (secondary N) is 1. The van der Waals surface area contributed by atoms with Crippen molar-refractivity contribution in [2.24, 2.45) is 0 Å². The second kappa shape index (κ2) is 9.12. The smallest absolute Gasteiger partial charge is 0.311 e. The van der Waals surface area contributed by atoms with Gasteiger partial charge in [-0.05, 0) is 22.3 Å². The number of rotatable bonds is 8. The van der Waals surface area contributed by atoms with Gasteiger partial charge in [-0.3, -0.25) is 9.88 Å². The van der Waals surface area contributed by atoms with Crippen LogP contribution in [0, 0.1) is 0 Å². The van der Waals surface area contributed by atoms with E-state index in [1.807, 2.05) is 72.8 Å². The topological polar surface area (TPSA) is 47.6 Å². The van der Waals surface area contributed by atoms with Gasteiger partial charge >= 0.3 is 7.60 Å². The maximum Gasteiger partial charge on any atom is 0.351 e. The summed E-state index contributed by atoms with van der Waals surface area (Å²) in [6.07, 6.45) is 0. The van der Waals surface area contributed by atoms with Crippen LogP contribution in [0.1, 0.15) is 16.9 Å². The van der Waals surface area contributed by atoms with Crippen molar-refractivity contribution in [2.75, 3.05) is 14.2 Å². The number of hydrogen-bond donors (Lipinski definition) is 1. The van der Waals surface area contributed by atoms with Crippen molar-refractivity contribution >= 4 is 7.60 Å². The molecule has 1 unspecified atom stereocenters. The first kappa shape index (κ1) is 19.5. The van der Waals surface area contributed by atoms with Crippen LogP contribution in [-0.2, 0) is 20.2 Å².